The minimum Gasteiger partial charge on any atom is -0.103 e. The second-order valence-electron chi connectivity index (χ2n) is 4.52. The van der Waals surface area contributed by atoms with Crippen molar-refractivity contribution in [3.63, 3.8) is 0 Å². The van der Waals surface area contributed by atoms with Crippen molar-refractivity contribution in [1.29, 1.82) is 0 Å². The van der Waals surface area contributed by atoms with Crippen molar-refractivity contribution in [3.8, 4) is 0 Å². The molecular formula is C15H24. The summed E-state index contributed by atoms with van der Waals surface area (Å²) in [4.78, 5) is 0. The second kappa shape index (κ2) is 6.44. The monoisotopic (exact) mass is 204 g/mol. The Balaban J connectivity index is 0.000000583. The van der Waals surface area contributed by atoms with E-state index in [1.807, 2.05) is 6.92 Å². The van der Waals surface area contributed by atoms with Gasteiger partial charge >= 0.3 is 0 Å². The second-order valence-corrected chi connectivity index (χ2v) is 4.52. The van der Waals surface area contributed by atoms with E-state index in [1.54, 1.807) is 6.08 Å². The summed E-state index contributed by atoms with van der Waals surface area (Å²) < 4.78 is 0. The molecule has 0 saturated heterocycles. The maximum absolute atomic E-state index is 3.36. The molecule has 0 nitrogen and oxygen atoms in total. The van der Waals surface area contributed by atoms with Gasteiger partial charge in [0.25, 0.3) is 0 Å². The van der Waals surface area contributed by atoms with Crippen LogP contribution in [0.4, 0.5) is 0 Å². The lowest BCUT2D eigenvalue weighted by atomic mass is 9.82. The molecule has 84 valence electrons. The van der Waals surface area contributed by atoms with E-state index >= 15 is 0 Å². The minimum atomic E-state index is 0.325. The highest BCUT2D eigenvalue weighted by Crippen LogP contribution is 2.26. The molecule has 0 saturated carbocycles. The molecule has 0 fully saturated rings. The molecule has 0 amide bonds. The summed E-state index contributed by atoms with van der Waals surface area (Å²) in [6, 6.07) is 8.79. The Labute approximate surface area is 95.0 Å². The van der Waals surface area contributed by atoms with Gasteiger partial charge in [-0.1, -0.05) is 56.7 Å². The molecule has 1 aromatic carbocycles. The van der Waals surface area contributed by atoms with E-state index < -0.39 is 0 Å². The first kappa shape index (κ1) is 14.0. The van der Waals surface area contributed by atoms with Crippen LogP contribution in [0.1, 0.15) is 45.2 Å². The minimum absolute atomic E-state index is 0.325. The number of hydrogen-bond donors (Lipinski definition) is 0. The van der Waals surface area contributed by atoms with Gasteiger partial charge < -0.3 is 0 Å². The first-order chi connectivity index (χ1) is 6.97. The van der Waals surface area contributed by atoms with Gasteiger partial charge in [0.15, 0.2) is 0 Å². The predicted molar refractivity (Wildman–Crippen MR) is 70.4 cm³/mol. The molecule has 0 aromatic heterocycles. The van der Waals surface area contributed by atoms with Crippen molar-refractivity contribution in [2.24, 2.45) is 0 Å². The van der Waals surface area contributed by atoms with Crippen LogP contribution in [0, 0.1) is 6.92 Å². The zero-order valence-electron chi connectivity index (χ0n) is 10.8. The Hall–Kier alpha value is -1.04. The molecule has 1 aromatic rings. The highest BCUT2D eigenvalue weighted by atomic mass is 14.2. The zero-order chi connectivity index (χ0) is 11.9. The predicted octanol–water partition coefficient (Wildman–Crippen LogP) is 4.87. The maximum Gasteiger partial charge on any atom is -0.0106 e. The number of hydrogen-bond acceptors (Lipinski definition) is 0. The molecule has 1 rings (SSSR count). The third-order valence-electron chi connectivity index (χ3n) is 2.68. The molecule has 0 spiro atoms. The van der Waals surface area contributed by atoms with Crippen molar-refractivity contribution < 1.29 is 0 Å². The van der Waals surface area contributed by atoms with Gasteiger partial charge in [-0.2, -0.15) is 0 Å². The van der Waals surface area contributed by atoms with E-state index in [1.165, 1.54) is 17.5 Å². The van der Waals surface area contributed by atoms with Crippen LogP contribution in [0.5, 0.6) is 0 Å². The molecule has 0 N–H and O–H groups in total. The first-order valence-electron chi connectivity index (χ1n) is 5.62. The summed E-state index contributed by atoms with van der Waals surface area (Å²) in [5.74, 6) is 0. The van der Waals surface area contributed by atoms with Crippen molar-refractivity contribution in [1.82, 2.24) is 0 Å². The van der Waals surface area contributed by atoms with Gasteiger partial charge in [-0.05, 0) is 31.2 Å². The smallest absolute Gasteiger partial charge is 0.0106 e. The normalized spacial score (nSPS) is 10.2. The van der Waals surface area contributed by atoms with Crippen molar-refractivity contribution in [3.05, 3.63) is 48.0 Å². The Morgan fingerprint density at radius 1 is 1.33 bits per heavy atom. The van der Waals surface area contributed by atoms with E-state index in [9.17, 15) is 0 Å². The molecule has 0 aliphatic rings. The maximum atomic E-state index is 3.36. The molecule has 15 heavy (non-hydrogen) atoms. The van der Waals surface area contributed by atoms with E-state index in [2.05, 4.69) is 58.5 Å². The molecule has 0 atom stereocenters. The van der Waals surface area contributed by atoms with Gasteiger partial charge in [0, 0.05) is 0 Å². The lowest BCUT2D eigenvalue weighted by Gasteiger charge is -2.23. The zero-order valence-corrected chi connectivity index (χ0v) is 10.8. The summed E-state index contributed by atoms with van der Waals surface area (Å²) in [6.07, 6.45) is 2.94. The quantitative estimate of drug-likeness (QED) is 0.603. The van der Waals surface area contributed by atoms with Crippen LogP contribution in [0.2, 0.25) is 0 Å². The van der Waals surface area contributed by atoms with Crippen LogP contribution < -0.4 is 0 Å². The highest BCUT2D eigenvalue weighted by molar-refractivity contribution is 5.28. The molecule has 0 heterocycles. The molecule has 0 aliphatic heterocycles. The van der Waals surface area contributed by atoms with Crippen LogP contribution >= 0.6 is 0 Å². The SMILES string of the molecule is C=CC.CCC(C)(C)c1cccc(C)c1. The average Bonchev–Trinajstić information content (AvgIpc) is 2.19. The average molecular weight is 204 g/mol. The lowest BCUT2D eigenvalue weighted by Crippen LogP contribution is -2.15. The fourth-order valence-electron chi connectivity index (χ4n) is 1.27. The number of aryl methyl sites for hydroxylation is 1. The van der Waals surface area contributed by atoms with Crippen LogP contribution in [-0.2, 0) is 5.41 Å². The van der Waals surface area contributed by atoms with E-state index in [-0.39, 0.29) is 0 Å². The topological polar surface area (TPSA) is 0 Å². The van der Waals surface area contributed by atoms with Crippen molar-refractivity contribution >= 4 is 0 Å². The van der Waals surface area contributed by atoms with Crippen LogP contribution in [-0.4, -0.2) is 0 Å². The molecular weight excluding hydrogens is 180 g/mol. The molecule has 0 bridgehead atoms. The van der Waals surface area contributed by atoms with Gasteiger partial charge in [-0.15, -0.1) is 6.58 Å². The molecule has 0 radical (unpaired) electrons. The largest absolute Gasteiger partial charge is 0.103 e. The van der Waals surface area contributed by atoms with Gasteiger partial charge in [0.05, 0.1) is 0 Å². The Morgan fingerprint density at radius 2 is 1.87 bits per heavy atom. The van der Waals surface area contributed by atoms with E-state index in [0.717, 1.165) is 0 Å². The summed E-state index contributed by atoms with van der Waals surface area (Å²) in [5.41, 5.74) is 3.13. The molecule has 0 unspecified atom stereocenters. The van der Waals surface area contributed by atoms with E-state index in [4.69, 9.17) is 0 Å². The third kappa shape index (κ3) is 4.83. The number of allylic oxidation sites excluding steroid dienone is 1. The Bertz CT molecular complexity index is 295. The third-order valence-corrected chi connectivity index (χ3v) is 2.68. The first-order valence-corrected chi connectivity index (χ1v) is 5.62. The highest BCUT2D eigenvalue weighted by Gasteiger charge is 2.17. The Morgan fingerprint density at radius 3 is 2.27 bits per heavy atom. The lowest BCUT2D eigenvalue weighted by molar-refractivity contribution is 0.506. The summed E-state index contributed by atoms with van der Waals surface area (Å²) in [7, 11) is 0. The molecule has 0 aliphatic carbocycles. The van der Waals surface area contributed by atoms with Crippen molar-refractivity contribution in [2.45, 2.75) is 46.5 Å². The summed E-state index contributed by atoms with van der Waals surface area (Å²) >= 11 is 0. The number of benzene rings is 1. The Kier molecular flexibility index (Phi) is 6.00. The van der Waals surface area contributed by atoms with E-state index in [0.29, 0.717) is 5.41 Å². The van der Waals surface area contributed by atoms with Gasteiger partial charge in [0.1, 0.15) is 0 Å². The summed E-state index contributed by atoms with van der Waals surface area (Å²) in [6.45, 7) is 14.2. The van der Waals surface area contributed by atoms with Crippen LogP contribution in [0.3, 0.4) is 0 Å². The van der Waals surface area contributed by atoms with Gasteiger partial charge in [-0.25, -0.2) is 0 Å². The fourth-order valence-corrected chi connectivity index (χ4v) is 1.27. The number of rotatable bonds is 2. The standard InChI is InChI=1S/C12H18.C3H6/c1-5-12(3,4)11-8-6-7-10(2)9-11;1-3-2/h6-9H,5H2,1-4H3;3H,1H2,2H3. The van der Waals surface area contributed by atoms with Gasteiger partial charge in [-0.3, -0.25) is 0 Å². The fraction of sp³-hybridized carbons (Fsp3) is 0.467. The molecule has 0 heteroatoms. The van der Waals surface area contributed by atoms with Crippen LogP contribution in [0.15, 0.2) is 36.9 Å². The summed E-state index contributed by atoms with van der Waals surface area (Å²) in [5, 5.41) is 0. The van der Waals surface area contributed by atoms with Gasteiger partial charge in [0.2, 0.25) is 0 Å². The van der Waals surface area contributed by atoms with Crippen LogP contribution in [0.25, 0.3) is 0 Å². The van der Waals surface area contributed by atoms with Crippen molar-refractivity contribution in [2.75, 3.05) is 0 Å².